The number of aromatic hydroxyl groups is 1. The zero-order valence-electron chi connectivity index (χ0n) is 8.74. The Morgan fingerprint density at radius 3 is 2.73 bits per heavy atom. The molecule has 0 fully saturated rings. The van der Waals surface area contributed by atoms with Crippen LogP contribution in [0.5, 0.6) is 5.75 Å². The monoisotopic (exact) mass is 202 g/mol. The van der Waals surface area contributed by atoms with Crippen molar-refractivity contribution in [3.8, 4) is 11.8 Å². The molecule has 0 atom stereocenters. The van der Waals surface area contributed by atoms with E-state index in [4.69, 9.17) is 0 Å². The zero-order chi connectivity index (χ0) is 11.4. The van der Waals surface area contributed by atoms with Gasteiger partial charge in [0.2, 0.25) is 0 Å². The molecule has 0 aliphatic rings. The molecule has 0 aliphatic carbocycles. The van der Waals surface area contributed by atoms with Crippen LogP contribution in [-0.2, 0) is 0 Å². The van der Waals surface area contributed by atoms with Crippen LogP contribution in [0.1, 0.15) is 28.4 Å². The lowest BCUT2D eigenvalue weighted by atomic mass is 9.99. The van der Waals surface area contributed by atoms with Crippen molar-refractivity contribution in [3.63, 3.8) is 0 Å². The summed E-state index contributed by atoms with van der Waals surface area (Å²) in [6, 6.07) is 5.87. The highest BCUT2D eigenvalue weighted by Gasteiger charge is 2.11. The van der Waals surface area contributed by atoms with E-state index in [2.05, 4.69) is 17.5 Å². The fourth-order valence-corrected chi connectivity index (χ4v) is 1.31. The first-order chi connectivity index (χ1) is 7.10. The Morgan fingerprint density at radius 1 is 1.60 bits per heavy atom. The van der Waals surface area contributed by atoms with Gasteiger partial charge in [-0.05, 0) is 18.6 Å². The molecule has 1 rings (SSSR count). The second-order valence-corrected chi connectivity index (χ2v) is 3.19. The molecular formula is C12H12NO2+. The molecule has 1 aromatic rings. The van der Waals surface area contributed by atoms with Crippen molar-refractivity contribution < 1.29 is 9.90 Å². The van der Waals surface area contributed by atoms with Gasteiger partial charge in [-0.2, -0.15) is 0 Å². The summed E-state index contributed by atoms with van der Waals surface area (Å²) in [5, 5.41) is 9.59. The number of benzene rings is 1. The maximum absolute atomic E-state index is 10.8. The number of carbonyl (C=O) groups excluding carboxylic acids is 1. The van der Waals surface area contributed by atoms with Crippen LogP contribution in [0.3, 0.4) is 0 Å². The molecule has 0 amide bonds. The fourth-order valence-electron chi connectivity index (χ4n) is 1.31. The Kier molecular flexibility index (Phi) is 3.25. The fraction of sp³-hybridized carbons (Fsp3) is 0.167. The SMILES string of the molecule is C=C(C)c1cc(C#[N+]C)cc(O)c1C=O. The van der Waals surface area contributed by atoms with Gasteiger partial charge in [0.05, 0.1) is 5.56 Å². The van der Waals surface area contributed by atoms with Crippen molar-refractivity contribution in [1.29, 1.82) is 0 Å². The van der Waals surface area contributed by atoms with Crippen molar-refractivity contribution in [2.75, 3.05) is 7.05 Å². The minimum absolute atomic E-state index is 0.0725. The van der Waals surface area contributed by atoms with Crippen LogP contribution < -0.4 is 0 Å². The van der Waals surface area contributed by atoms with Gasteiger partial charge in [-0.3, -0.25) is 4.79 Å². The standard InChI is InChI=1S/C12H11NO2/c1-8(2)10-4-9(6-13-3)5-12(15)11(10)7-14/h4-5,7H,1H2,2-3H3/p+1. The molecule has 15 heavy (non-hydrogen) atoms. The van der Waals surface area contributed by atoms with Gasteiger partial charge in [0.1, 0.15) is 11.3 Å². The molecule has 0 bridgehead atoms. The number of aldehydes is 1. The van der Waals surface area contributed by atoms with Crippen molar-refractivity contribution in [2.24, 2.45) is 0 Å². The summed E-state index contributed by atoms with van der Waals surface area (Å²) in [5.41, 5.74) is 2.21. The van der Waals surface area contributed by atoms with Crippen LogP contribution in [0.2, 0.25) is 0 Å². The summed E-state index contributed by atoms with van der Waals surface area (Å²) < 4.78 is 0. The van der Waals surface area contributed by atoms with Gasteiger partial charge in [0, 0.05) is 6.07 Å². The van der Waals surface area contributed by atoms with Gasteiger partial charge in [-0.25, -0.2) is 0 Å². The molecule has 76 valence electrons. The first-order valence-corrected chi connectivity index (χ1v) is 4.43. The van der Waals surface area contributed by atoms with Gasteiger partial charge < -0.3 is 5.11 Å². The molecule has 0 saturated carbocycles. The molecule has 0 unspecified atom stereocenters. The summed E-state index contributed by atoms with van der Waals surface area (Å²) in [5.74, 6) is -0.0725. The first-order valence-electron chi connectivity index (χ1n) is 4.43. The van der Waals surface area contributed by atoms with E-state index < -0.39 is 0 Å². The third-order valence-electron chi connectivity index (χ3n) is 1.98. The van der Waals surface area contributed by atoms with E-state index in [0.717, 1.165) is 0 Å². The Hall–Kier alpha value is -2.08. The van der Waals surface area contributed by atoms with Crippen LogP contribution in [0.15, 0.2) is 18.7 Å². The van der Waals surface area contributed by atoms with Crippen LogP contribution in [0.4, 0.5) is 0 Å². The maximum atomic E-state index is 10.8. The second kappa shape index (κ2) is 4.43. The summed E-state index contributed by atoms with van der Waals surface area (Å²) in [6.07, 6.45) is 0.617. The number of nitrogens with zero attached hydrogens (tertiary/aromatic N) is 1. The number of phenolic OH excluding ortho intramolecular Hbond substituents is 1. The van der Waals surface area contributed by atoms with Crippen molar-refractivity contribution in [3.05, 3.63) is 40.2 Å². The molecule has 0 radical (unpaired) electrons. The Morgan fingerprint density at radius 2 is 2.27 bits per heavy atom. The average Bonchev–Trinajstić information content (AvgIpc) is 2.17. The number of hydrogen-bond acceptors (Lipinski definition) is 2. The summed E-state index contributed by atoms with van der Waals surface area (Å²) >= 11 is 0. The minimum atomic E-state index is -0.0725. The molecule has 1 aromatic carbocycles. The Balaban J connectivity index is 3.49. The Bertz CT molecular complexity index is 478. The van der Waals surface area contributed by atoms with Gasteiger partial charge in [0.15, 0.2) is 6.29 Å². The normalized spacial score (nSPS) is 8.93. The van der Waals surface area contributed by atoms with E-state index in [0.29, 0.717) is 23.0 Å². The highest BCUT2D eigenvalue weighted by molar-refractivity contribution is 5.88. The van der Waals surface area contributed by atoms with Crippen LogP contribution in [0.25, 0.3) is 10.4 Å². The lowest BCUT2D eigenvalue weighted by Gasteiger charge is -2.05. The predicted octanol–water partition coefficient (Wildman–Crippen LogP) is 2.55. The van der Waals surface area contributed by atoms with E-state index in [9.17, 15) is 9.90 Å². The highest BCUT2D eigenvalue weighted by Crippen LogP contribution is 2.26. The zero-order valence-corrected chi connectivity index (χ0v) is 8.74. The van der Waals surface area contributed by atoms with E-state index in [1.165, 1.54) is 6.07 Å². The average molecular weight is 202 g/mol. The quantitative estimate of drug-likeness (QED) is 0.749. The largest absolute Gasteiger partial charge is 0.507 e. The third kappa shape index (κ3) is 2.23. The molecule has 1 N–H and O–H groups in total. The van der Waals surface area contributed by atoms with E-state index >= 15 is 0 Å². The number of phenols is 1. The topological polar surface area (TPSA) is 41.7 Å². The number of allylic oxidation sites excluding steroid dienone is 1. The van der Waals surface area contributed by atoms with Gasteiger partial charge in [-0.15, -0.1) is 0 Å². The van der Waals surface area contributed by atoms with Crippen molar-refractivity contribution in [2.45, 2.75) is 6.92 Å². The maximum Gasteiger partial charge on any atom is 0.310 e. The van der Waals surface area contributed by atoms with E-state index in [1.807, 2.05) is 0 Å². The highest BCUT2D eigenvalue weighted by atomic mass is 16.3. The molecule has 0 spiro atoms. The summed E-state index contributed by atoms with van der Waals surface area (Å²) in [7, 11) is 1.59. The number of rotatable bonds is 2. The molecule has 0 aliphatic heterocycles. The lowest BCUT2D eigenvalue weighted by molar-refractivity contribution is 0.112. The molecule has 0 heterocycles. The molecular weight excluding hydrogens is 190 g/mol. The number of hydrogen-bond donors (Lipinski definition) is 1. The number of carbonyl (C=O) groups is 1. The molecule has 0 aromatic heterocycles. The van der Waals surface area contributed by atoms with Crippen molar-refractivity contribution in [1.82, 2.24) is 0 Å². The molecule has 3 heteroatoms. The summed E-state index contributed by atoms with van der Waals surface area (Å²) in [6.45, 7) is 5.52. The minimum Gasteiger partial charge on any atom is -0.507 e. The second-order valence-electron chi connectivity index (χ2n) is 3.19. The Labute approximate surface area is 88.5 Å². The summed E-state index contributed by atoms with van der Waals surface area (Å²) in [4.78, 5) is 14.5. The van der Waals surface area contributed by atoms with Crippen LogP contribution >= 0.6 is 0 Å². The lowest BCUT2D eigenvalue weighted by Crippen LogP contribution is -1.92. The first kappa shape index (κ1) is 11.0. The van der Waals surface area contributed by atoms with Crippen LogP contribution in [0, 0.1) is 6.07 Å². The van der Waals surface area contributed by atoms with Gasteiger partial charge in [-0.1, -0.05) is 17.0 Å². The van der Waals surface area contributed by atoms with E-state index in [1.54, 1.807) is 20.0 Å². The molecule has 3 nitrogen and oxygen atoms in total. The van der Waals surface area contributed by atoms with Crippen LogP contribution in [-0.4, -0.2) is 18.4 Å². The smallest absolute Gasteiger partial charge is 0.310 e. The predicted molar refractivity (Wildman–Crippen MR) is 60.5 cm³/mol. The van der Waals surface area contributed by atoms with Gasteiger partial charge >= 0.3 is 6.07 Å². The molecule has 0 saturated heterocycles. The van der Waals surface area contributed by atoms with E-state index in [-0.39, 0.29) is 11.3 Å². The van der Waals surface area contributed by atoms with Crippen molar-refractivity contribution >= 4 is 11.9 Å². The van der Waals surface area contributed by atoms with Gasteiger partial charge in [0.25, 0.3) is 7.05 Å². The third-order valence-corrected chi connectivity index (χ3v) is 1.98.